The molecule has 0 spiro atoms. The Labute approximate surface area is 102 Å². The van der Waals surface area contributed by atoms with Crippen LogP contribution >= 0.6 is 15.9 Å². The number of anilines is 1. The molecule has 84 valence electrons. The summed E-state index contributed by atoms with van der Waals surface area (Å²) < 4.78 is 2.96. The molecule has 0 bridgehead atoms. The molecule has 5 heteroatoms. The monoisotopic (exact) mass is 280 g/mol. The molecule has 1 fully saturated rings. The van der Waals surface area contributed by atoms with Gasteiger partial charge in [-0.05, 0) is 47.4 Å². The lowest BCUT2D eigenvalue weighted by Gasteiger charge is -2.08. The SMILES string of the molecule is Nc1ccn2c(C3CCCN3)nc(Br)c2c1. The van der Waals surface area contributed by atoms with Crippen LogP contribution in [0.15, 0.2) is 22.9 Å². The van der Waals surface area contributed by atoms with Crippen molar-refractivity contribution in [1.29, 1.82) is 0 Å². The van der Waals surface area contributed by atoms with Gasteiger partial charge in [0.05, 0.1) is 11.6 Å². The van der Waals surface area contributed by atoms with E-state index in [2.05, 4.69) is 30.6 Å². The highest BCUT2D eigenvalue weighted by Gasteiger charge is 2.22. The van der Waals surface area contributed by atoms with Gasteiger partial charge in [0.2, 0.25) is 0 Å². The minimum Gasteiger partial charge on any atom is -0.399 e. The third-order valence-electron chi connectivity index (χ3n) is 3.02. The summed E-state index contributed by atoms with van der Waals surface area (Å²) in [5, 5.41) is 3.46. The van der Waals surface area contributed by atoms with E-state index >= 15 is 0 Å². The lowest BCUT2D eigenvalue weighted by atomic mass is 10.2. The molecule has 0 aliphatic carbocycles. The Balaban J connectivity index is 2.18. The first-order chi connectivity index (χ1) is 7.75. The molecule has 0 amide bonds. The van der Waals surface area contributed by atoms with Crippen LogP contribution in [0.1, 0.15) is 24.7 Å². The number of aromatic nitrogens is 2. The predicted molar refractivity (Wildman–Crippen MR) is 67.3 cm³/mol. The van der Waals surface area contributed by atoms with Crippen molar-refractivity contribution in [2.45, 2.75) is 18.9 Å². The largest absolute Gasteiger partial charge is 0.399 e. The first kappa shape index (κ1) is 10.1. The van der Waals surface area contributed by atoms with E-state index in [9.17, 15) is 0 Å². The molecule has 2 aromatic rings. The molecule has 1 atom stereocenters. The average molecular weight is 281 g/mol. The summed E-state index contributed by atoms with van der Waals surface area (Å²) in [6.07, 6.45) is 4.35. The molecule has 1 saturated heterocycles. The van der Waals surface area contributed by atoms with Gasteiger partial charge >= 0.3 is 0 Å². The van der Waals surface area contributed by atoms with Crippen LogP contribution in [0.5, 0.6) is 0 Å². The Hall–Kier alpha value is -1.07. The van der Waals surface area contributed by atoms with Crippen molar-refractivity contribution in [3.63, 3.8) is 0 Å². The fourth-order valence-electron chi connectivity index (χ4n) is 2.24. The minimum atomic E-state index is 0.363. The zero-order chi connectivity index (χ0) is 11.1. The maximum atomic E-state index is 5.78. The van der Waals surface area contributed by atoms with Crippen LogP contribution in [0.25, 0.3) is 5.52 Å². The summed E-state index contributed by atoms with van der Waals surface area (Å²) in [4.78, 5) is 4.57. The van der Waals surface area contributed by atoms with Crippen molar-refractivity contribution in [3.05, 3.63) is 28.8 Å². The summed E-state index contributed by atoms with van der Waals surface area (Å²) in [5.41, 5.74) is 7.57. The first-order valence-electron chi connectivity index (χ1n) is 5.42. The van der Waals surface area contributed by atoms with Gasteiger partial charge in [-0.3, -0.25) is 0 Å². The Morgan fingerprint density at radius 1 is 1.56 bits per heavy atom. The van der Waals surface area contributed by atoms with Crippen molar-refractivity contribution < 1.29 is 0 Å². The van der Waals surface area contributed by atoms with Crippen LogP contribution < -0.4 is 11.1 Å². The van der Waals surface area contributed by atoms with E-state index in [1.54, 1.807) is 0 Å². The third-order valence-corrected chi connectivity index (χ3v) is 3.61. The summed E-state index contributed by atoms with van der Waals surface area (Å²) in [5.74, 6) is 1.07. The maximum Gasteiger partial charge on any atom is 0.132 e. The molecule has 1 aliphatic heterocycles. The quantitative estimate of drug-likeness (QED) is 0.841. The fraction of sp³-hybridized carbons (Fsp3) is 0.364. The molecule has 3 N–H and O–H groups in total. The van der Waals surface area contributed by atoms with Gasteiger partial charge in [-0.2, -0.15) is 0 Å². The van der Waals surface area contributed by atoms with E-state index < -0.39 is 0 Å². The topological polar surface area (TPSA) is 55.4 Å². The number of rotatable bonds is 1. The lowest BCUT2D eigenvalue weighted by molar-refractivity contribution is 0.602. The second kappa shape index (κ2) is 3.75. The van der Waals surface area contributed by atoms with Gasteiger partial charge in [-0.1, -0.05) is 0 Å². The van der Waals surface area contributed by atoms with E-state index in [1.807, 2.05) is 18.3 Å². The molecule has 1 unspecified atom stereocenters. The Morgan fingerprint density at radius 3 is 3.19 bits per heavy atom. The molecule has 3 rings (SSSR count). The van der Waals surface area contributed by atoms with E-state index in [0.717, 1.165) is 34.6 Å². The number of hydrogen-bond donors (Lipinski definition) is 2. The standard InChI is InChI=1S/C11H13BrN4/c12-10-9-6-7(13)3-5-16(9)11(15-10)8-2-1-4-14-8/h3,5-6,8,14H,1-2,4,13H2. The molecule has 0 radical (unpaired) electrons. The highest BCUT2D eigenvalue weighted by molar-refractivity contribution is 9.10. The summed E-state index contributed by atoms with van der Waals surface area (Å²) >= 11 is 3.48. The zero-order valence-corrected chi connectivity index (χ0v) is 10.4. The van der Waals surface area contributed by atoms with Gasteiger partial charge in [0, 0.05) is 11.9 Å². The third kappa shape index (κ3) is 1.51. The van der Waals surface area contributed by atoms with E-state index in [4.69, 9.17) is 5.73 Å². The predicted octanol–water partition coefficient (Wildman–Crippen LogP) is 2.10. The number of imidazole rings is 1. The second-order valence-electron chi connectivity index (χ2n) is 4.13. The molecule has 0 aromatic carbocycles. The van der Waals surface area contributed by atoms with Crippen molar-refractivity contribution >= 4 is 27.1 Å². The number of halogens is 1. The summed E-state index contributed by atoms with van der Waals surface area (Å²) in [6.45, 7) is 1.08. The number of nitrogens with two attached hydrogens (primary N) is 1. The number of nitrogen functional groups attached to an aromatic ring is 1. The van der Waals surface area contributed by atoms with Gasteiger partial charge < -0.3 is 15.5 Å². The lowest BCUT2D eigenvalue weighted by Crippen LogP contribution is -2.15. The van der Waals surface area contributed by atoms with Crippen LogP contribution in [-0.4, -0.2) is 15.9 Å². The Morgan fingerprint density at radius 2 is 2.44 bits per heavy atom. The van der Waals surface area contributed by atoms with E-state index in [1.165, 1.54) is 6.42 Å². The smallest absolute Gasteiger partial charge is 0.132 e. The van der Waals surface area contributed by atoms with Crippen LogP contribution in [0.3, 0.4) is 0 Å². The highest BCUT2D eigenvalue weighted by atomic mass is 79.9. The van der Waals surface area contributed by atoms with Crippen molar-refractivity contribution in [2.24, 2.45) is 0 Å². The molecular formula is C11H13BrN4. The van der Waals surface area contributed by atoms with Gasteiger partial charge in [0.15, 0.2) is 0 Å². The molecule has 0 saturated carbocycles. The summed E-state index contributed by atoms with van der Waals surface area (Å²) in [6, 6.07) is 4.21. The summed E-state index contributed by atoms with van der Waals surface area (Å²) in [7, 11) is 0. The zero-order valence-electron chi connectivity index (χ0n) is 8.78. The number of nitrogens with one attached hydrogen (secondary N) is 1. The van der Waals surface area contributed by atoms with Gasteiger partial charge in [-0.15, -0.1) is 0 Å². The van der Waals surface area contributed by atoms with Crippen LogP contribution in [0.4, 0.5) is 5.69 Å². The highest BCUT2D eigenvalue weighted by Crippen LogP contribution is 2.28. The van der Waals surface area contributed by atoms with E-state index in [-0.39, 0.29) is 0 Å². The molecule has 3 heterocycles. The Kier molecular flexibility index (Phi) is 2.37. The van der Waals surface area contributed by atoms with Crippen molar-refractivity contribution in [1.82, 2.24) is 14.7 Å². The number of nitrogens with zero attached hydrogens (tertiary/aromatic N) is 2. The number of hydrogen-bond acceptors (Lipinski definition) is 3. The van der Waals surface area contributed by atoms with Crippen LogP contribution in [0, 0.1) is 0 Å². The molecule has 2 aromatic heterocycles. The molecular weight excluding hydrogens is 268 g/mol. The number of fused-ring (bicyclic) bond motifs is 1. The van der Waals surface area contributed by atoms with Crippen molar-refractivity contribution in [2.75, 3.05) is 12.3 Å². The normalized spacial score (nSPS) is 20.7. The van der Waals surface area contributed by atoms with Gasteiger partial charge in [0.1, 0.15) is 10.4 Å². The minimum absolute atomic E-state index is 0.363. The average Bonchev–Trinajstić information content (AvgIpc) is 2.87. The molecule has 1 aliphatic rings. The fourth-order valence-corrected chi connectivity index (χ4v) is 2.72. The molecule has 4 nitrogen and oxygen atoms in total. The second-order valence-corrected chi connectivity index (χ2v) is 4.88. The first-order valence-corrected chi connectivity index (χ1v) is 6.21. The number of pyridine rings is 1. The van der Waals surface area contributed by atoms with Crippen molar-refractivity contribution in [3.8, 4) is 0 Å². The van der Waals surface area contributed by atoms with Crippen LogP contribution in [0.2, 0.25) is 0 Å². The molecule has 16 heavy (non-hydrogen) atoms. The Bertz CT molecular complexity index is 528. The van der Waals surface area contributed by atoms with Crippen LogP contribution in [-0.2, 0) is 0 Å². The van der Waals surface area contributed by atoms with Gasteiger partial charge in [0.25, 0.3) is 0 Å². The van der Waals surface area contributed by atoms with Gasteiger partial charge in [-0.25, -0.2) is 4.98 Å². The van der Waals surface area contributed by atoms with E-state index in [0.29, 0.717) is 6.04 Å². The maximum absolute atomic E-state index is 5.78.